The summed E-state index contributed by atoms with van der Waals surface area (Å²) in [6.07, 6.45) is 6.65. The second-order valence-corrected chi connectivity index (χ2v) is 3.27. The van der Waals surface area contributed by atoms with E-state index in [2.05, 4.69) is 34.0 Å². The van der Waals surface area contributed by atoms with Gasteiger partial charge in [0, 0.05) is 0 Å². The normalized spacial score (nSPS) is 10.8. The summed E-state index contributed by atoms with van der Waals surface area (Å²) in [7, 11) is 0. The first-order valence-corrected chi connectivity index (χ1v) is 4.46. The molecule has 0 atom stereocenters. The van der Waals surface area contributed by atoms with E-state index in [1.54, 1.807) is 24.8 Å². The molecule has 2 aromatic heterocycles. The van der Waals surface area contributed by atoms with Crippen molar-refractivity contribution in [3.05, 3.63) is 30.5 Å². The molecule has 0 fully saturated rings. The Labute approximate surface area is 81.8 Å². The summed E-state index contributed by atoms with van der Waals surface area (Å²) >= 11 is 0. The van der Waals surface area contributed by atoms with Crippen LogP contribution in [-0.4, -0.2) is 25.0 Å². The van der Waals surface area contributed by atoms with Crippen LogP contribution >= 0.6 is 0 Å². The standard InChI is InChI=1S/C9H11N5/c1-7(2)8-5-11-9(6-10-8)14-12-3-4-13-14/h3-7H,1-2H3. The van der Waals surface area contributed by atoms with Crippen LogP contribution in [-0.2, 0) is 0 Å². The van der Waals surface area contributed by atoms with E-state index in [9.17, 15) is 0 Å². The van der Waals surface area contributed by atoms with E-state index in [4.69, 9.17) is 0 Å². The number of nitrogens with zero attached hydrogens (tertiary/aromatic N) is 5. The Bertz CT molecular complexity index is 390. The Kier molecular flexibility index (Phi) is 2.22. The second kappa shape index (κ2) is 3.53. The lowest BCUT2D eigenvalue weighted by Crippen LogP contribution is -2.03. The summed E-state index contributed by atoms with van der Waals surface area (Å²) in [4.78, 5) is 9.93. The van der Waals surface area contributed by atoms with Gasteiger partial charge in [-0.2, -0.15) is 10.2 Å². The van der Waals surface area contributed by atoms with Crippen molar-refractivity contribution in [2.75, 3.05) is 0 Å². The van der Waals surface area contributed by atoms with Gasteiger partial charge in [0.25, 0.3) is 0 Å². The molecule has 0 bridgehead atoms. The highest BCUT2D eigenvalue weighted by Gasteiger charge is 2.03. The summed E-state index contributed by atoms with van der Waals surface area (Å²) in [5.74, 6) is 1.03. The van der Waals surface area contributed by atoms with Gasteiger partial charge < -0.3 is 0 Å². The first kappa shape index (κ1) is 8.80. The third kappa shape index (κ3) is 1.61. The number of hydrogen-bond donors (Lipinski definition) is 0. The minimum atomic E-state index is 0.391. The average Bonchev–Trinajstić information content (AvgIpc) is 2.71. The van der Waals surface area contributed by atoms with Gasteiger partial charge in [0.2, 0.25) is 0 Å². The van der Waals surface area contributed by atoms with Crippen molar-refractivity contribution in [2.45, 2.75) is 19.8 Å². The minimum absolute atomic E-state index is 0.391. The van der Waals surface area contributed by atoms with Crippen LogP contribution in [0.1, 0.15) is 25.5 Å². The molecule has 5 nitrogen and oxygen atoms in total. The molecule has 72 valence electrons. The van der Waals surface area contributed by atoms with Gasteiger partial charge in [0.05, 0.1) is 30.5 Å². The van der Waals surface area contributed by atoms with Crippen molar-refractivity contribution < 1.29 is 0 Å². The van der Waals surface area contributed by atoms with Crippen LogP contribution in [0, 0.1) is 0 Å². The van der Waals surface area contributed by atoms with Gasteiger partial charge in [0.15, 0.2) is 5.82 Å². The summed E-state index contributed by atoms with van der Waals surface area (Å²) < 4.78 is 0. The summed E-state index contributed by atoms with van der Waals surface area (Å²) in [6, 6.07) is 0. The topological polar surface area (TPSA) is 56.5 Å². The molecule has 0 radical (unpaired) electrons. The van der Waals surface area contributed by atoms with Crippen molar-refractivity contribution in [1.82, 2.24) is 25.0 Å². The van der Waals surface area contributed by atoms with Crippen LogP contribution in [0.2, 0.25) is 0 Å². The number of hydrogen-bond acceptors (Lipinski definition) is 4. The van der Waals surface area contributed by atoms with E-state index < -0.39 is 0 Å². The molecule has 0 amide bonds. The van der Waals surface area contributed by atoms with Crippen LogP contribution in [0.3, 0.4) is 0 Å². The maximum Gasteiger partial charge on any atom is 0.192 e. The molecule has 2 heterocycles. The largest absolute Gasteiger partial charge is 0.255 e. The van der Waals surface area contributed by atoms with Gasteiger partial charge in [-0.1, -0.05) is 13.8 Å². The van der Waals surface area contributed by atoms with Crippen molar-refractivity contribution in [2.24, 2.45) is 0 Å². The highest BCUT2D eigenvalue weighted by atomic mass is 15.5. The maximum absolute atomic E-state index is 4.27. The van der Waals surface area contributed by atoms with Crippen molar-refractivity contribution >= 4 is 0 Å². The Morgan fingerprint density at radius 2 is 1.79 bits per heavy atom. The quantitative estimate of drug-likeness (QED) is 0.711. The molecule has 0 unspecified atom stereocenters. The number of rotatable bonds is 2. The molecule has 2 rings (SSSR count). The van der Waals surface area contributed by atoms with E-state index in [-0.39, 0.29) is 0 Å². The molecular weight excluding hydrogens is 178 g/mol. The minimum Gasteiger partial charge on any atom is -0.255 e. The molecular formula is C9H11N5. The lowest BCUT2D eigenvalue weighted by Gasteiger charge is -2.03. The summed E-state index contributed by atoms with van der Waals surface area (Å²) in [5, 5.41) is 7.93. The molecule has 0 saturated heterocycles. The highest BCUT2D eigenvalue weighted by molar-refractivity contribution is 5.15. The molecule has 0 aliphatic rings. The van der Waals surface area contributed by atoms with Crippen LogP contribution in [0.25, 0.3) is 5.82 Å². The van der Waals surface area contributed by atoms with Gasteiger partial charge in [0.1, 0.15) is 0 Å². The van der Waals surface area contributed by atoms with Gasteiger partial charge in [-0.05, 0) is 5.92 Å². The molecule has 0 N–H and O–H groups in total. The van der Waals surface area contributed by atoms with Crippen molar-refractivity contribution in [3.63, 3.8) is 0 Å². The lowest BCUT2D eigenvalue weighted by molar-refractivity contribution is 0.714. The lowest BCUT2D eigenvalue weighted by atomic mass is 10.1. The van der Waals surface area contributed by atoms with Crippen LogP contribution in [0.4, 0.5) is 0 Å². The van der Waals surface area contributed by atoms with Crippen molar-refractivity contribution in [1.29, 1.82) is 0 Å². The summed E-state index contributed by atoms with van der Waals surface area (Å²) in [5.41, 5.74) is 0.973. The molecule has 0 aliphatic heterocycles. The van der Waals surface area contributed by atoms with Gasteiger partial charge in [-0.25, -0.2) is 4.98 Å². The Morgan fingerprint density at radius 3 is 2.29 bits per heavy atom. The van der Waals surface area contributed by atoms with E-state index in [1.807, 2.05) is 0 Å². The predicted octanol–water partition coefficient (Wildman–Crippen LogP) is 1.18. The summed E-state index contributed by atoms with van der Waals surface area (Å²) in [6.45, 7) is 4.16. The Morgan fingerprint density at radius 1 is 1.07 bits per heavy atom. The third-order valence-electron chi connectivity index (χ3n) is 1.87. The van der Waals surface area contributed by atoms with Crippen LogP contribution in [0.15, 0.2) is 24.8 Å². The molecule has 2 aromatic rings. The zero-order valence-corrected chi connectivity index (χ0v) is 8.12. The molecule has 0 saturated carbocycles. The predicted molar refractivity (Wildman–Crippen MR) is 51.0 cm³/mol. The smallest absolute Gasteiger partial charge is 0.192 e. The number of aromatic nitrogens is 5. The van der Waals surface area contributed by atoms with Crippen molar-refractivity contribution in [3.8, 4) is 5.82 Å². The van der Waals surface area contributed by atoms with Crippen LogP contribution < -0.4 is 0 Å². The zero-order valence-electron chi connectivity index (χ0n) is 8.12. The van der Waals surface area contributed by atoms with E-state index in [1.165, 1.54) is 4.80 Å². The fraction of sp³-hybridized carbons (Fsp3) is 0.333. The average molecular weight is 189 g/mol. The fourth-order valence-electron chi connectivity index (χ4n) is 1.07. The van der Waals surface area contributed by atoms with E-state index in [0.29, 0.717) is 11.7 Å². The zero-order chi connectivity index (χ0) is 9.97. The Hall–Kier alpha value is -1.78. The van der Waals surface area contributed by atoms with Gasteiger partial charge >= 0.3 is 0 Å². The monoisotopic (exact) mass is 189 g/mol. The molecule has 0 aromatic carbocycles. The SMILES string of the molecule is CC(C)c1cnc(-n2nccn2)cn1. The molecule has 0 aliphatic carbocycles. The second-order valence-electron chi connectivity index (χ2n) is 3.27. The molecule has 0 spiro atoms. The Balaban J connectivity index is 2.31. The van der Waals surface area contributed by atoms with Gasteiger partial charge in [-0.15, -0.1) is 4.80 Å². The first-order valence-electron chi connectivity index (χ1n) is 4.46. The van der Waals surface area contributed by atoms with Crippen LogP contribution in [0.5, 0.6) is 0 Å². The third-order valence-corrected chi connectivity index (χ3v) is 1.87. The molecule has 5 heteroatoms. The fourth-order valence-corrected chi connectivity index (χ4v) is 1.07. The molecule has 14 heavy (non-hydrogen) atoms. The first-order chi connectivity index (χ1) is 6.77. The van der Waals surface area contributed by atoms with Gasteiger partial charge in [-0.3, -0.25) is 4.98 Å². The maximum atomic E-state index is 4.27. The van der Waals surface area contributed by atoms with E-state index in [0.717, 1.165) is 5.69 Å². The van der Waals surface area contributed by atoms with E-state index >= 15 is 0 Å². The highest BCUT2D eigenvalue weighted by Crippen LogP contribution is 2.09.